The molecular formula is C18H18N4O4. The van der Waals surface area contributed by atoms with Crippen molar-refractivity contribution in [2.45, 2.75) is 19.4 Å². The highest BCUT2D eigenvalue weighted by Crippen LogP contribution is 2.17. The van der Waals surface area contributed by atoms with Crippen molar-refractivity contribution in [2.75, 3.05) is 6.54 Å². The number of benzene rings is 1. The summed E-state index contributed by atoms with van der Waals surface area (Å²) < 4.78 is 10.6. The Morgan fingerprint density at radius 1 is 0.962 bits per heavy atom. The molecule has 3 rings (SSSR count). The maximum Gasteiger partial charge on any atom is 0.247 e. The summed E-state index contributed by atoms with van der Waals surface area (Å²) in [5.74, 6) is 0.881. The molecule has 1 aromatic carbocycles. The third-order valence-electron chi connectivity index (χ3n) is 3.54. The van der Waals surface area contributed by atoms with E-state index in [2.05, 4.69) is 20.8 Å². The Balaban J connectivity index is 1.37. The standard InChI is InChI=1S/C18H18N4O4/c23-15(20-12-16(24)19-11-14-7-4-10-25-14)8-9-17-21-22-18(26-17)13-5-2-1-3-6-13/h1-7,10H,8-9,11-12H2,(H,19,24)(H,20,23). The molecule has 8 nitrogen and oxygen atoms in total. The zero-order valence-electron chi connectivity index (χ0n) is 14.0. The van der Waals surface area contributed by atoms with E-state index in [0.717, 1.165) is 5.56 Å². The fraction of sp³-hybridized carbons (Fsp3) is 0.222. The Kier molecular flexibility index (Phi) is 5.76. The maximum absolute atomic E-state index is 11.8. The van der Waals surface area contributed by atoms with E-state index in [1.54, 1.807) is 12.1 Å². The van der Waals surface area contributed by atoms with Crippen LogP contribution < -0.4 is 10.6 Å². The third-order valence-corrected chi connectivity index (χ3v) is 3.54. The minimum absolute atomic E-state index is 0.0986. The van der Waals surface area contributed by atoms with Crippen LogP contribution in [0, 0.1) is 0 Å². The van der Waals surface area contributed by atoms with E-state index >= 15 is 0 Å². The van der Waals surface area contributed by atoms with Crippen LogP contribution in [0.5, 0.6) is 0 Å². The van der Waals surface area contributed by atoms with Gasteiger partial charge in [-0.15, -0.1) is 10.2 Å². The number of carbonyl (C=O) groups is 2. The summed E-state index contributed by atoms with van der Waals surface area (Å²) in [7, 11) is 0. The van der Waals surface area contributed by atoms with Gasteiger partial charge in [-0.1, -0.05) is 18.2 Å². The summed E-state index contributed by atoms with van der Waals surface area (Å²) in [6.07, 6.45) is 1.99. The van der Waals surface area contributed by atoms with Gasteiger partial charge in [-0.05, 0) is 24.3 Å². The second kappa shape index (κ2) is 8.61. The van der Waals surface area contributed by atoms with Crippen molar-refractivity contribution in [3.05, 3.63) is 60.4 Å². The van der Waals surface area contributed by atoms with Gasteiger partial charge in [-0.2, -0.15) is 0 Å². The van der Waals surface area contributed by atoms with Gasteiger partial charge in [-0.3, -0.25) is 9.59 Å². The quantitative estimate of drug-likeness (QED) is 0.637. The van der Waals surface area contributed by atoms with Gasteiger partial charge in [0.2, 0.25) is 23.6 Å². The average Bonchev–Trinajstić information content (AvgIpc) is 3.35. The van der Waals surface area contributed by atoms with Gasteiger partial charge in [-0.25, -0.2) is 0 Å². The van der Waals surface area contributed by atoms with Gasteiger partial charge in [0, 0.05) is 18.4 Å². The highest BCUT2D eigenvalue weighted by Gasteiger charge is 2.11. The summed E-state index contributed by atoms with van der Waals surface area (Å²) in [6.45, 7) is 0.185. The molecule has 3 aromatic rings. The van der Waals surface area contributed by atoms with Crippen LogP contribution in [0.1, 0.15) is 18.1 Å². The second-order valence-corrected chi connectivity index (χ2v) is 5.50. The van der Waals surface area contributed by atoms with E-state index in [0.29, 0.717) is 24.0 Å². The SMILES string of the molecule is O=C(CCc1nnc(-c2ccccc2)o1)NCC(=O)NCc1ccco1. The van der Waals surface area contributed by atoms with Crippen molar-refractivity contribution in [1.29, 1.82) is 0 Å². The minimum atomic E-state index is -0.293. The van der Waals surface area contributed by atoms with Gasteiger partial charge in [0.15, 0.2) is 0 Å². The Hall–Kier alpha value is -3.42. The van der Waals surface area contributed by atoms with Crippen molar-refractivity contribution in [3.63, 3.8) is 0 Å². The van der Waals surface area contributed by atoms with Crippen molar-refractivity contribution in [1.82, 2.24) is 20.8 Å². The van der Waals surface area contributed by atoms with Crippen molar-refractivity contribution in [3.8, 4) is 11.5 Å². The van der Waals surface area contributed by atoms with Crippen LogP contribution in [-0.4, -0.2) is 28.6 Å². The van der Waals surface area contributed by atoms with Crippen LogP contribution in [0.4, 0.5) is 0 Å². The molecule has 0 saturated heterocycles. The van der Waals surface area contributed by atoms with Crippen LogP contribution in [-0.2, 0) is 22.6 Å². The van der Waals surface area contributed by atoms with Gasteiger partial charge < -0.3 is 19.5 Å². The first-order valence-corrected chi connectivity index (χ1v) is 8.14. The van der Waals surface area contributed by atoms with E-state index in [1.165, 1.54) is 6.26 Å². The Morgan fingerprint density at radius 3 is 2.58 bits per heavy atom. The molecule has 0 atom stereocenters. The predicted molar refractivity (Wildman–Crippen MR) is 91.6 cm³/mol. The first-order valence-electron chi connectivity index (χ1n) is 8.14. The lowest BCUT2D eigenvalue weighted by Gasteiger charge is -2.05. The van der Waals surface area contributed by atoms with Gasteiger partial charge in [0.25, 0.3) is 0 Å². The summed E-state index contributed by atoms with van der Waals surface area (Å²) >= 11 is 0. The first-order chi connectivity index (χ1) is 12.7. The highest BCUT2D eigenvalue weighted by atomic mass is 16.4. The number of aromatic nitrogens is 2. The molecule has 2 amide bonds. The summed E-state index contributed by atoms with van der Waals surface area (Å²) in [4.78, 5) is 23.5. The van der Waals surface area contributed by atoms with E-state index in [9.17, 15) is 9.59 Å². The number of carbonyl (C=O) groups excluding carboxylic acids is 2. The molecule has 2 aromatic heterocycles. The van der Waals surface area contributed by atoms with E-state index in [1.807, 2.05) is 30.3 Å². The molecule has 0 fully saturated rings. The van der Waals surface area contributed by atoms with Crippen LogP contribution >= 0.6 is 0 Å². The van der Waals surface area contributed by atoms with Crippen LogP contribution in [0.15, 0.2) is 57.6 Å². The van der Waals surface area contributed by atoms with Gasteiger partial charge >= 0.3 is 0 Å². The molecule has 0 spiro atoms. The third kappa shape index (κ3) is 5.04. The first kappa shape index (κ1) is 17.4. The van der Waals surface area contributed by atoms with E-state index in [4.69, 9.17) is 8.83 Å². The molecule has 2 N–H and O–H groups in total. The lowest BCUT2D eigenvalue weighted by Crippen LogP contribution is -2.36. The molecule has 0 unspecified atom stereocenters. The molecule has 26 heavy (non-hydrogen) atoms. The molecule has 0 aliphatic carbocycles. The molecule has 2 heterocycles. The van der Waals surface area contributed by atoms with Crippen molar-refractivity contribution in [2.24, 2.45) is 0 Å². The summed E-state index contributed by atoms with van der Waals surface area (Å²) in [5.41, 5.74) is 0.823. The Morgan fingerprint density at radius 2 is 1.81 bits per heavy atom. The van der Waals surface area contributed by atoms with Gasteiger partial charge in [0.05, 0.1) is 19.4 Å². The molecule has 0 radical (unpaired) electrons. The zero-order valence-corrected chi connectivity index (χ0v) is 14.0. The Bertz CT molecular complexity index is 843. The monoisotopic (exact) mass is 354 g/mol. The fourth-order valence-electron chi connectivity index (χ4n) is 2.20. The van der Waals surface area contributed by atoms with Crippen LogP contribution in [0.25, 0.3) is 11.5 Å². The topological polar surface area (TPSA) is 110 Å². The zero-order chi connectivity index (χ0) is 18.2. The summed E-state index contributed by atoms with van der Waals surface area (Å²) in [6, 6.07) is 12.9. The van der Waals surface area contributed by atoms with E-state index < -0.39 is 0 Å². The number of amides is 2. The smallest absolute Gasteiger partial charge is 0.247 e. The molecule has 0 saturated carbocycles. The molecule has 8 heteroatoms. The largest absolute Gasteiger partial charge is 0.467 e. The number of hydrogen-bond donors (Lipinski definition) is 2. The number of nitrogens with one attached hydrogen (secondary N) is 2. The average molecular weight is 354 g/mol. The normalized spacial score (nSPS) is 10.5. The van der Waals surface area contributed by atoms with Crippen LogP contribution in [0.3, 0.4) is 0 Å². The number of furan rings is 1. The molecular weight excluding hydrogens is 336 g/mol. The molecule has 134 valence electrons. The highest BCUT2D eigenvalue weighted by molar-refractivity contribution is 5.84. The molecule has 0 bridgehead atoms. The lowest BCUT2D eigenvalue weighted by atomic mass is 10.2. The van der Waals surface area contributed by atoms with Crippen molar-refractivity contribution >= 4 is 11.8 Å². The number of hydrogen-bond acceptors (Lipinski definition) is 6. The summed E-state index contributed by atoms with van der Waals surface area (Å²) in [5, 5.41) is 13.1. The van der Waals surface area contributed by atoms with Crippen LogP contribution in [0.2, 0.25) is 0 Å². The van der Waals surface area contributed by atoms with E-state index in [-0.39, 0.29) is 31.3 Å². The second-order valence-electron chi connectivity index (χ2n) is 5.50. The number of nitrogens with zero attached hydrogens (tertiary/aromatic N) is 2. The van der Waals surface area contributed by atoms with Gasteiger partial charge in [0.1, 0.15) is 5.76 Å². The predicted octanol–water partition coefficient (Wildman–Crippen LogP) is 1.69. The Labute approximate surface area is 149 Å². The molecule has 0 aliphatic heterocycles. The number of rotatable bonds is 8. The lowest BCUT2D eigenvalue weighted by molar-refractivity contribution is -0.126. The molecule has 0 aliphatic rings. The maximum atomic E-state index is 11.8. The number of aryl methyl sites for hydroxylation is 1. The van der Waals surface area contributed by atoms with Crippen molar-refractivity contribution < 1.29 is 18.4 Å². The fourth-order valence-corrected chi connectivity index (χ4v) is 2.20. The minimum Gasteiger partial charge on any atom is -0.467 e.